The molecule has 0 bridgehead atoms. The number of ether oxygens (including phenoxy) is 1. The van der Waals surface area contributed by atoms with Crippen LogP contribution in [0.5, 0.6) is 5.75 Å². The first kappa shape index (κ1) is 17.6. The predicted molar refractivity (Wildman–Crippen MR) is 94.2 cm³/mol. The number of nitro groups is 1. The maximum Gasteiger partial charge on any atom is 0.311 e. The Bertz CT molecular complexity index is 872. The average molecular weight is 354 g/mol. The highest BCUT2D eigenvalue weighted by Gasteiger charge is 2.41. The van der Waals surface area contributed by atoms with Gasteiger partial charge in [0.25, 0.3) is 11.8 Å². The molecule has 1 atom stereocenters. The number of hydrogen-bond donors (Lipinski definition) is 0. The molecule has 2 aromatic rings. The summed E-state index contributed by atoms with van der Waals surface area (Å²) in [4.78, 5) is 37.6. The number of carbonyl (C=O) groups excluding carboxylic acids is 2. The van der Waals surface area contributed by atoms with Crippen LogP contribution in [-0.4, -0.2) is 28.7 Å². The van der Waals surface area contributed by atoms with Gasteiger partial charge in [-0.3, -0.25) is 24.6 Å². The fourth-order valence-electron chi connectivity index (χ4n) is 3.33. The molecule has 3 rings (SSSR count). The lowest BCUT2D eigenvalue weighted by Gasteiger charge is -2.30. The van der Waals surface area contributed by atoms with Gasteiger partial charge in [0.1, 0.15) is 0 Å². The van der Waals surface area contributed by atoms with Crippen molar-refractivity contribution in [2.24, 2.45) is 5.92 Å². The standard InChI is InChI=1S/C19H18N2O5/c1-11(2)17(12-8-9-16(26-3)15(10-12)21(24)25)20-18(22)13-6-4-5-7-14(13)19(20)23/h4-11,17H,1-3H3. The van der Waals surface area contributed by atoms with Crippen LogP contribution in [0.3, 0.4) is 0 Å². The number of rotatable bonds is 5. The van der Waals surface area contributed by atoms with Crippen LogP contribution in [-0.2, 0) is 0 Å². The lowest BCUT2D eigenvalue weighted by molar-refractivity contribution is -0.385. The molecular weight excluding hydrogens is 336 g/mol. The van der Waals surface area contributed by atoms with Gasteiger partial charge < -0.3 is 4.74 Å². The Morgan fingerprint density at radius 3 is 2.08 bits per heavy atom. The van der Waals surface area contributed by atoms with Gasteiger partial charge in [-0.25, -0.2) is 0 Å². The molecule has 1 aliphatic heterocycles. The van der Waals surface area contributed by atoms with Crippen molar-refractivity contribution in [3.63, 3.8) is 0 Å². The number of nitrogens with zero attached hydrogens (tertiary/aromatic N) is 2. The Morgan fingerprint density at radius 1 is 1.04 bits per heavy atom. The van der Waals surface area contributed by atoms with Crippen molar-refractivity contribution in [2.75, 3.05) is 7.11 Å². The first-order chi connectivity index (χ1) is 12.4. The van der Waals surface area contributed by atoms with Crippen LogP contribution in [0, 0.1) is 16.0 Å². The molecule has 1 heterocycles. The number of carbonyl (C=O) groups is 2. The Hall–Kier alpha value is -3.22. The third-order valence-corrected chi connectivity index (χ3v) is 4.48. The lowest BCUT2D eigenvalue weighted by atomic mass is 9.93. The van der Waals surface area contributed by atoms with Crippen molar-refractivity contribution < 1.29 is 19.2 Å². The van der Waals surface area contributed by atoms with Crippen molar-refractivity contribution in [2.45, 2.75) is 19.9 Å². The van der Waals surface area contributed by atoms with E-state index in [-0.39, 0.29) is 29.2 Å². The zero-order chi connectivity index (χ0) is 19.0. The molecule has 0 radical (unpaired) electrons. The second-order valence-corrected chi connectivity index (χ2v) is 6.40. The van der Waals surface area contributed by atoms with Crippen molar-refractivity contribution in [3.05, 3.63) is 69.3 Å². The van der Waals surface area contributed by atoms with Gasteiger partial charge in [0.05, 0.1) is 29.2 Å². The van der Waals surface area contributed by atoms with Gasteiger partial charge in [0, 0.05) is 6.07 Å². The number of imide groups is 1. The Balaban J connectivity index is 2.10. The number of benzene rings is 2. The highest BCUT2D eigenvalue weighted by molar-refractivity contribution is 6.21. The fourth-order valence-corrected chi connectivity index (χ4v) is 3.33. The molecule has 0 spiro atoms. The van der Waals surface area contributed by atoms with E-state index in [0.717, 1.165) is 0 Å². The predicted octanol–water partition coefficient (Wildman–Crippen LogP) is 3.60. The summed E-state index contributed by atoms with van der Waals surface area (Å²) in [5, 5.41) is 11.3. The van der Waals surface area contributed by atoms with E-state index in [2.05, 4.69) is 0 Å². The minimum Gasteiger partial charge on any atom is -0.490 e. The highest BCUT2D eigenvalue weighted by Crippen LogP contribution is 2.38. The molecule has 2 amide bonds. The SMILES string of the molecule is COc1ccc(C(C(C)C)N2C(=O)c3ccccc3C2=O)cc1[N+](=O)[O-]. The average Bonchev–Trinajstić information content (AvgIpc) is 2.87. The fraction of sp³-hybridized carbons (Fsp3) is 0.263. The lowest BCUT2D eigenvalue weighted by Crippen LogP contribution is -2.36. The summed E-state index contributed by atoms with van der Waals surface area (Å²) in [7, 11) is 1.35. The summed E-state index contributed by atoms with van der Waals surface area (Å²) in [5.41, 5.74) is 1.02. The molecule has 26 heavy (non-hydrogen) atoms. The van der Waals surface area contributed by atoms with Gasteiger partial charge in [0.2, 0.25) is 0 Å². The summed E-state index contributed by atoms with van der Waals surface area (Å²) < 4.78 is 5.03. The van der Waals surface area contributed by atoms with Crippen LogP contribution in [0.25, 0.3) is 0 Å². The molecule has 1 unspecified atom stereocenters. The van der Waals surface area contributed by atoms with E-state index in [4.69, 9.17) is 4.74 Å². The van der Waals surface area contributed by atoms with Crippen LogP contribution in [0.4, 0.5) is 5.69 Å². The normalized spacial score (nSPS) is 14.5. The number of amides is 2. The number of fused-ring (bicyclic) bond motifs is 1. The van der Waals surface area contributed by atoms with Crippen LogP contribution in [0.2, 0.25) is 0 Å². The van der Waals surface area contributed by atoms with E-state index in [1.807, 2.05) is 13.8 Å². The molecule has 2 aromatic carbocycles. The molecule has 0 N–H and O–H groups in total. The summed E-state index contributed by atoms with van der Waals surface area (Å²) in [6, 6.07) is 10.5. The van der Waals surface area contributed by atoms with Crippen molar-refractivity contribution in [3.8, 4) is 5.75 Å². The molecule has 1 aliphatic rings. The van der Waals surface area contributed by atoms with Gasteiger partial charge in [0.15, 0.2) is 5.75 Å². The third kappa shape index (κ3) is 2.71. The molecule has 134 valence electrons. The monoisotopic (exact) mass is 354 g/mol. The van der Waals surface area contributed by atoms with Crippen molar-refractivity contribution in [1.82, 2.24) is 4.90 Å². The topological polar surface area (TPSA) is 89.8 Å². The van der Waals surface area contributed by atoms with Gasteiger partial charge in [-0.05, 0) is 29.7 Å². The minimum atomic E-state index is -0.619. The molecule has 0 saturated carbocycles. The van der Waals surface area contributed by atoms with Gasteiger partial charge >= 0.3 is 5.69 Å². The Kier molecular flexibility index (Phi) is 4.46. The van der Waals surface area contributed by atoms with Crippen LogP contribution in [0.1, 0.15) is 46.2 Å². The van der Waals surface area contributed by atoms with Gasteiger partial charge in [-0.1, -0.05) is 32.0 Å². The summed E-state index contributed by atoms with van der Waals surface area (Å²) in [5.74, 6) is -0.778. The van der Waals surface area contributed by atoms with Crippen molar-refractivity contribution in [1.29, 1.82) is 0 Å². The van der Waals surface area contributed by atoms with Crippen LogP contribution in [0.15, 0.2) is 42.5 Å². The Morgan fingerprint density at radius 2 is 1.62 bits per heavy atom. The van der Waals surface area contributed by atoms with E-state index in [9.17, 15) is 19.7 Å². The molecule has 0 fully saturated rings. The van der Waals surface area contributed by atoms with E-state index in [1.54, 1.807) is 30.3 Å². The molecule has 7 heteroatoms. The van der Waals surface area contributed by atoms with Crippen molar-refractivity contribution >= 4 is 17.5 Å². The number of hydrogen-bond acceptors (Lipinski definition) is 5. The quantitative estimate of drug-likeness (QED) is 0.465. The molecule has 7 nitrogen and oxygen atoms in total. The smallest absolute Gasteiger partial charge is 0.311 e. The number of methoxy groups -OCH3 is 1. The summed E-state index contributed by atoms with van der Waals surface area (Å²) >= 11 is 0. The Labute approximate surface area is 150 Å². The maximum atomic E-state index is 12.8. The largest absolute Gasteiger partial charge is 0.490 e. The van der Waals surface area contributed by atoms with Crippen LogP contribution >= 0.6 is 0 Å². The third-order valence-electron chi connectivity index (χ3n) is 4.48. The zero-order valence-corrected chi connectivity index (χ0v) is 14.6. The van der Waals surface area contributed by atoms with E-state index in [0.29, 0.717) is 16.7 Å². The zero-order valence-electron chi connectivity index (χ0n) is 14.6. The number of nitro benzene ring substituents is 1. The molecule has 0 saturated heterocycles. The molecular formula is C19H18N2O5. The highest BCUT2D eigenvalue weighted by atomic mass is 16.6. The maximum absolute atomic E-state index is 12.8. The summed E-state index contributed by atoms with van der Waals surface area (Å²) in [6.45, 7) is 3.73. The van der Waals surface area contributed by atoms with E-state index in [1.165, 1.54) is 24.1 Å². The first-order valence-corrected chi connectivity index (χ1v) is 8.16. The second kappa shape index (κ2) is 6.59. The molecule has 0 aromatic heterocycles. The first-order valence-electron chi connectivity index (χ1n) is 8.16. The van der Waals surface area contributed by atoms with Gasteiger partial charge in [-0.2, -0.15) is 0 Å². The second-order valence-electron chi connectivity index (χ2n) is 6.40. The van der Waals surface area contributed by atoms with E-state index < -0.39 is 11.0 Å². The van der Waals surface area contributed by atoms with E-state index >= 15 is 0 Å². The van der Waals surface area contributed by atoms with Gasteiger partial charge in [-0.15, -0.1) is 0 Å². The summed E-state index contributed by atoms with van der Waals surface area (Å²) in [6.07, 6.45) is 0. The van der Waals surface area contributed by atoms with Crippen LogP contribution < -0.4 is 4.74 Å². The minimum absolute atomic E-state index is 0.128. The molecule has 0 aliphatic carbocycles.